The van der Waals surface area contributed by atoms with Crippen LogP contribution in [0.1, 0.15) is 25.0 Å². The highest BCUT2D eigenvalue weighted by atomic mass is 19.1. The molecule has 0 bridgehead atoms. The van der Waals surface area contributed by atoms with Gasteiger partial charge in [0.25, 0.3) is 0 Å². The van der Waals surface area contributed by atoms with E-state index in [1.165, 1.54) is 12.1 Å². The second-order valence-electron chi connectivity index (χ2n) is 8.95. The van der Waals surface area contributed by atoms with E-state index in [0.717, 1.165) is 42.9 Å². The lowest BCUT2D eigenvalue weighted by Gasteiger charge is -2.33. The minimum atomic E-state index is -0.302. The van der Waals surface area contributed by atoms with Gasteiger partial charge < -0.3 is 19.2 Å². The molecule has 1 amide bonds. The molecular formula is C26H31FN4O2. The van der Waals surface area contributed by atoms with E-state index in [4.69, 9.17) is 4.52 Å². The lowest BCUT2D eigenvalue weighted by molar-refractivity contribution is -0.135. The molecular weight excluding hydrogens is 419 g/mol. The smallest absolute Gasteiger partial charge is 0.232 e. The van der Waals surface area contributed by atoms with Crippen LogP contribution in [0.2, 0.25) is 0 Å². The van der Waals surface area contributed by atoms with Gasteiger partial charge in [-0.15, -0.1) is 0 Å². The van der Waals surface area contributed by atoms with Crippen LogP contribution in [0.5, 0.6) is 0 Å². The summed E-state index contributed by atoms with van der Waals surface area (Å²) >= 11 is 0. The number of rotatable bonds is 7. The maximum atomic E-state index is 13.6. The molecule has 0 saturated carbocycles. The number of likely N-dealkylation sites (N-methyl/N-ethyl adjacent to an activating group) is 1. The third-order valence-electron chi connectivity index (χ3n) is 6.05. The molecule has 0 unspecified atom stereocenters. The van der Waals surface area contributed by atoms with Crippen molar-refractivity contribution >= 4 is 11.8 Å². The first-order valence-corrected chi connectivity index (χ1v) is 11.4. The summed E-state index contributed by atoms with van der Waals surface area (Å²) < 4.78 is 19.4. The Morgan fingerprint density at radius 3 is 2.33 bits per heavy atom. The number of carbonyl (C=O) groups is 1. The van der Waals surface area contributed by atoms with Crippen LogP contribution < -0.4 is 4.90 Å². The minimum Gasteiger partial charge on any atom is -0.338 e. The van der Waals surface area contributed by atoms with Crippen molar-refractivity contribution in [2.45, 2.75) is 26.9 Å². The van der Waals surface area contributed by atoms with Crippen molar-refractivity contribution in [2.75, 3.05) is 38.1 Å². The Morgan fingerprint density at radius 2 is 1.70 bits per heavy atom. The van der Waals surface area contributed by atoms with E-state index in [0.29, 0.717) is 24.7 Å². The van der Waals surface area contributed by atoms with Gasteiger partial charge in [0.2, 0.25) is 11.8 Å². The number of piperazine rings is 1. The molecule has 2 heterocycles. The van der Waals surface area contributed by atoms with Crippen LogP contribution in [0.3, 0.4) is 0 Å². The number of anilines is 1. The van der Waals surface area contributed by atoms with Crippen molar-refractivity contribution < 1.29 is 13.7 Å². The predicted octanol–water partition coefficient (Wildman–Crippen LogP) is 4.42. The van der Waals surface area contributed by atoms with Crippen LogP contribution in [0.25, 0.3) is 11.3 Å². The van der Waals surface area contributed by atoms with Crippen LogP contribution in [0.4, 0.5) is 10.3 Å². The standard InChI is InChI=1S/C26H31FN4O2/c1-19(2)25(32)31(17-20-7-5-4-6-8-20)18-23-24(21-9-11-22(27)12-10-21)28-33-26(23)30-15-13-29(3)14-16-30/h4-12,19H,13-18H2,1-3H3. The average molecular weight is 451 g/mol. The highest BCUT2D eigenvalue weighted by Gasteiger charge is 2.28. The van der Waals surface area contributed by atoms with Crippen molar-refractivity contribution in [2.24, 2.45) is 5.92 Å². The Bertz CT molecular complexity index is 1060. The quantitative estimate of drug-likeness (QED) is 0.534. The molecule has 4 rings (SSSR count). The molecule has 0 spiro atoms. The Hall–Kier alpha value is -3.19. The van der Waals surface area contributed by atoms with Gasteiger partial charge in [0, 0.05) is 44.2 Å². The number of amides is 1. The molecule has 3 aromatic rings. The summed E-state index contributed by atoms with van der Waals surface area (Å²) in [6, 6.07) is 16.2. The number of benzene rings is 2. The van der Waals surface area contributed by atoms with E-state index < -0.39 is 0 Å². The van der Waals surface area contributed by atoms with Crippen molar-refractivity contribution in [1.82, 2.24) is 15.0 Å². The van der Waals surface area contributed by atoms with E-state index >= 15 is 0 Å². The second-order valence-corrected chi connectivity index (χ2v) is 8.95. The number of aromatic nitrogens is 1. The van der Waals surface area contributed by atoms with Gasteiger partial charge in [-0.1, -0.05) is 49.3 Å². The van der Waals surface area contributed by atoms with Crippen LogP contribution >= 0.6 is 0 Å². The Balaban J connectivity index is 1.72. The summed E-state index contributed by atoms with van der Waals surface area (Å²) in [5, 5.41) is 4.38. The fourth-order valence-electron chi connectivity index (χ4n) is 4.11. The fraction of sp³-hybridized carbons (Fsp3) is 0.385. The molecule has 1 aliphatic rings. The third kappa shape index (κ3) is 5.42. The highest BCUT2D eigenvalue weighted by molar-refractivity contribution is 5.79. The zero-order chi connectivity index (χ0) is 23.4. The normalized spacial score (nSPS) is 14.6. The Labute approximate surface area is 194 Å². The van der Waals surface area contributed by atoms with E-state index in [9.17, 15) is 9.18 Å². The monoisotopic (exact) mass is 450 g/mol. The molecule has 1 aliphatic heterocycles. The van der Waals surface area contributed by atoms with Gasteiger partial charge in [-0.2, -0.15) is 0 Å². The van der Waals surface area contributed by atoms with Gasteiger partial charge in [-0.05, 0) is 36.9 Å². The van der Waals surface area contributed by atoms with Crippen molar-refractivity contribution in [3.05, 3.63) is 71.5 Å². The van der Waals surface area contributed by atoms with E-state index in [2.05, 4.69) is 22.0 Å². The van der Waals surface area contributed by atoms with Crippen molar-refractivity contribution in [1.29, 1.82) is 0 Å². The number of halogens is 1. The molecule has 174 valence electrons. The lowest BCUT2D eigenvalue weighted by Crippen LogP contribution is -2.45. The molecule has 6 nitrogen and oxygen atoms in total. The number of hydrogen-bond donors (Lipinski definition) is 0. The first kappa shape index (κ1) is 23.0. The van der Waals surface area contributed by atoms with Gasteiger partial charge in [-0.3, -0.25) is 4.79 Å². The zero-order valence-corrected chi connectivity index (χ0v) is 19.5. The van der Waals surface area contributed by atoms with Crippen LogP contribution in [-0.2, 0) is 17.9 Å². The Morgan fingerprint density at radius 1 is 1.03 bits per heavy atom. The van der Waals surface area contributed by atoms with Gasteiger partial charge in [0.15, 0.2) is 0 Å². The summed E-state index contributed by atoms with van der Waals surface area (Å²) in [7, 11) is 2.10. The van der Waals surface area contributed by atoms with Crippen LogP contribution in [0, 0.1) is 11.7 Å². The molecule has 1 fully saturated rings. The van der Waals surface area contributed by atoms with E-state index in [1.54, 1.807) is 12.1 Å². The SMILES string of the molecule is CC(C)C(=O)N(Cc1ccccc1)Cc1c(-c2ccc(F)cc2)noc1N1CCN(C)CC1. The van der Waals surface area contributed by atoms with Crippen molar-refractivity contribution in [3.8, 4) is 11.3 Å². The van der Waals surface area contributed by atoms with E-state index in [1.807, 2.05) is 49.1 Å². The predicted molar refractivity (Wildman–Crippen MR) is 127 cm³/mol. The van der Waals surface area contributed by atoms with Crippen LogP contribution in [-0.4, -0.2) is 54.1 Å². The largest absolute Gasteiger partial charge is 0.338 e. The molecule has 2 aromatic carbocycles. The number of hydrogen-bond acceptors (Lipinski definition) is 5. The first-order valence-electron chi connectivity index (χ1n) is 11.4. The molecule has 0 aliphatic carbocycles. The van der Waals surface area contributed by atoms with Gasteiger partial charge in [0.05, 0.1) is 12.1 Å². The van der Waals surface area contributed by atoms with Gasteiger partial charge in [-0.25, -0.2) is 4.39 Å². The van der Waals surface area contributed by atoms with Crippen molar-refractivity contribution in [3.63, 3.8) is 0 Å². The summed E-state index contributed by atoms with van der Waals surface area (Å²) in [6.45, 7) is 8.16. The topological polar surface area (TPSA) is 52.8 Å². The summed E-state index contributed by atoms with van der Waals surface area (Å²) in [5.74, 6) is 0.310. The molecule has 0 atom stereocenters. The first-order chi connectivity index (χ1) is 15.9. The minimum absolute atomic E-state index is 0.0643. The molecule has 1 saturated heterocycles. The highest BCUT2D eigenvalue weighted by Crippen LogP contribution is 2.34. The van der Waals surface area contributed by atoms with Gasteiger partial charge >= 0.3 is 0 Å². The second kappa shape index (κ2) is 10.2. The average Bonchev–Trinajstić information content (AvgIpc) is 3.23. The molecule has 33 heavy (non-hydrogen) atoms. The summed E-state index contributed by atoms with van der Waals surface area (Å²) in [6.07, 6.45) is 0. The lowest BCUT2D eigenvalue weighted by atomic mass is 10.0. The third-order valence-corrected chi connectivity index (χ3v) is 6.05. The maximum absolute atomic E-state index is 13.6. The van der Waals surface area contributed by atoms with Gasteiger partial charge in [0.1, 0.15) is 11.5 Å². The number of carbonyl (C=O) groups excluding carboxylic acids is 1. The molecule has 0 N–H and O–H groups in total. The van der Waals surface area contributed by atoms with Crippen LogP contribution in [0.15, 0.2) is 59.1 Å². The number of nitrogens with zero attached hydrogens (tertiary/aromatic N) is 4. The molecule has 1 aromatic heterocycles. The molecule has 0 radical (unpaired) electrons. The van der Waals surface area contributed by atoms with E-state index in [-0.39, 0.29) is 17.6 Å². The summed E-state index contributed by atoms with van der Waals surface area (Å²) in [5.41, 5.74) is 3.34. The maximum Gasteiger partial charge on any atom is 0.232 e. The summed E-state index contributed by atoms with van der Waals surface area (Å²) in [4.78, 5) is 19.5. The zero-order valence-electron chi connectivity index (χ0n) is 19.5. The Kier molecular flexibility index (Phi) is 7.08. The fourth-order valence-corrected chi connectivity index (χ4v) is 4.11. The molecule has 7 heteroatoms.